The molecule has 0 spiro atoms. The van der Waals surface area contributed by atoms with Crippen LogP contribution in [0.5, 0.6) is 0 Å². The lowest BCUT2D eigenvalue weighted by Gasteiger charge is -2.26. The van der Waals surface area contributed by atoms with Gasteiger partial charge in [-0.1, -0.05) is 43.8 Å². The molecule has 1 aliphatic rings. The number of ether oxygens (including phenoxy) is 1. The molecule has 0 saturated carbocycles. The quantitative estimate of drug-likeness (QED) is 0.566. The van der Waals surface area contributed by atoms with Crippen LogP contribution in [0.1, 0.15) is 25.3 Å². The molecular weight excluding hydrogens is 398 g/mol. The van der Waals surface area contributed by atoms with E-state index in [2.05, 4.69) is 41.2 Å². The van der Waals surface area contributed by atoms with Crippen molar-refractivity contribution in [1.29, 1.82) is 0 Å². The predicted molar refractivity (Wildman–Crippen MR) is 117 cm³/mol. The number of amides is 1. The topological polar surface area (TPSA) is 73.1 Å². The first-order valence-electron chi connectivity index (χ1n) is 10.1. The molecule has 1 saturated heterocycles. The number of carbonyl (C=O) groups excluding carboxylic acids is 1. The Labute approximate surface area is 180 Å². The van der Waals surface area contributed by atoms with Gasteiger partial charge in [-0.2, -0.15) is 0 Å². The third kappa shape index (κ3) is 4.39. The predicted octanol–water partition coefficient (Wildman–Crippen LogP) is 3.40. The lowest BCUT2D eigenvalue weighted by molar-refractivity contribution is -0.132. The Kier molecular flexibility index (Phi) is 6.44. The summed E-state index contributed by atoms with van der Waals surface area (Å²) in [7, 11) is 0. The molecule has 0 bridgehead atoms. The van der Waals surface area contributed by atoms with Crippen molar-refractivity contribution in [1.82, 2.24) is 24.6 Å². The van der Waals surface area contributed by atoms with Crippen LogP contribution in [0.25, 0.3) is 17.1 Å². The van der Waals surface area contributed by atoms with Gasteiger partial charge in [0.05, 0.1) is 24.7 Å². The Morgan fingerprint density at radius 1 is 1.13 bits per heavy atom. The Hall–Kier alpha value is -2.71. The molecule has 1 aromatic carbocycles. The fourth-order valence-corrected chi connectivity index (χ4v) is 4.32. The highest BCUT2D eigenvalue weighted by molar-refractivity contribution is 7.99. The number of para-hydroxylation sites is 1. The van der Waals surface area contributed by atoms with Crippen molar-refractivity contribution < 1.29 is 9.53 Å². The number of rotatable bonds is 6. The van der Waals surface area contributed by atoms with E-state index in [9.17, 15) is 4.79 Å². The molecule has 1 fully saturated rings. The zero-order valence-corrected chi connectivity index (χ0v) is 18.0. The molecule has 3 aromatic rings. The highest BCUT2D eigenvalue weighted by Gasteiger charge is 2.22. The summed E-state index contributed by atoms with van der Waals surface area (Å²) in [5.74, 6) is 1.46. The van der Waals surface area contributed by atoms with Crippen LogP contribution in [0, 0.1) is 0 Å². The number of nitrogens with zero attached hydrogens (tertiary/aromatic N) is 5. The molecule has 3 heterocycles. The number of aromatic nitrogens is 4. The molecule has 7 nitrogen and oxygen atoms in total. The van der Waals surface area contributed by atoms with Crippen LogP contribution in [-0.4, -0.2) is 62.6 Å². The Morgan fingerprint density at radius 2 is 1.93 bits per heavy atom. The van der Waals surface area contributed by atoms with Crippen molar-refractivity contribution in [2.24, 2.45) is 0 Å². The normalized spacial score (nSPS) is 14.3. The van der Waals surface area contributed by atoms with E-state index in [1.165, 1.54) is 17.3 Å². The highest BCUT2D eigenvalue weighted by atomic mass is 32.2. The molecule has 1 aliphatic heterocycles. The van der Waals surface area contributed by atoms with Gasteiger partial charge in [-0.3, -0.25) is 14.3 Å². The number of morpholine rings is 1. The number of pyridine rings is 1. The Bertz CT molecular complexity index is 1000. The Balaban J connectivity index is 1.69. The maximum absolute atomic E-state index is 12.7. The Morgan fingerprint density at radius 3 is 2.67 bits per heavy atom. The zero-order chi connectivity index (χ0) is 20.9. The van der Waals surface area contributed by atoms with Crippen LogP contribution in [-0.2, 0) is 9.53 Å². The molecule has 8 heteroatoms. The molecule has 156 valence electrons. The van der Waals surface area contributed by atoms with Crippen molar-refractivity contribution in [2.75, 3.05) is 32.1 Å². The van der Waals surface area contributed by atoms with E-state index in [0.717, 1.165) is 17.1 Å². The van der Waals surface area contributed by atoms with Crippen molar-refractivity contribution in [3.8, 4) is 17.1 Å². The zero-order valence-electron chi connectivity index (χ0n) is 17.2. The molecule has 0 aliphatic carbocycles. The summed E-state index contributed by atoms with van der Waals surface area (Å²) in [4.78, 5) is 18.7. The smallest absolute Gasteiger partial charge is 0.233 e. The van der Waals surface area contributed by atoms with Gasteiger partial charge in [0, 0.05) is 31.0 Å². The van der Waals surface area contributed by atoms with Crippen molar-refractivity contribution in [3.05, 3.63) is 54.4 Å². The summed E-state index contributed by atoms with van der Waals surface area (Å²) >= 11 is 1.42. The number of hydrogen-bond acceptors (Lipinski definition) is 6. The summed E-state index contributed by atoms with van der Waals surface area (Å²) in [6.45, 7) is 6.81. The summed E-state index contributed by atoms with van der Waals surface area (Å²) < 4.78 is 7.39. The van der Waals surface area contributed by atoms with Gasteiger partial charge in [-0.15, -0.1) is 10.2 Å². The van der Waals surface area contributed by atoms with Gasteiger partial charge >= 0.3 is 0 Å². The van der Waals surface area contributed by atoms with E-state index in [1.807, 2.05) is 33.7 Å². The minimum absolute atomic E-state index is 0.0953. The highest BCUT2D eigenvalue weighted by Crippen LogP contribution is 2.32. The maximum Gasteiger partial charge on any atom is 0.233 e. The van der Waals surface area contributed by atoms with Crippen molar-refractivity contribution >= 4 is 17.7 Å². The van der Waals surface area contributed by atoms with E-state index in [-0.39, 0.29) is 5.91 Å². The van der Waals surface area contributed by atoms with Gasteiger partial charge in [0.1, 0.15) is 0 Å². The first-order chi connectivity index (χ1) is 14.6. The van der Waals surface area contributed by atoms with Gasteiger partial charge < -0.3 is 9.64 Å². The SMILES string of the molecule is CC(C)c1ccccc1-n1c(SCC(=O)N2CCOCC2)nnc1-c1cccnc1. The first kappa shape index (κ1) is 20.6. The average molecular weight is 424 g/mol. The van der Waals surface area contributed by atoms with Gasteiger partial charge in [0.2, 0.25) is 5.91 Å². The number of benzene rings is 1. The van der Waals surface area contributed by atoms with E-state index in [0.29, 0.717) is 43.1 Å². The van der Waals surface area contributed by atoms with Gasteiger partial charge in [-0.05, 0) is 29.7 Å². The van der Waals surface area contributed by atoms with Crippen LogP contribution in [0.3, 0.4) is 0 Å². The van der Waals surface area contributed by atoms with Gasteiger partial charge in [0.15, 0.2) is 11.0 Å². The molecule has 4 rings (SSSR count). The standard InChI is InChI=1S/C22H25N5O2S/c1-16(2)18-7-3-4-8-19(18)27-21(17-6-5-9-23-14-17)24-25-22(27)30-15-20(28)26-10-12-29-13-11-26/h3-9,14,16H,10-13,15H2,1-2H3. The van der Waals surface area contributed by atoms with E-state index in [1.54, 1.807) is 12.4 Å². The van der Waals surface area contributed by atoms with Crippen molar-refractivity contribution in [3.63, 3.8) is 0 Å². The monoisotopic (exact) mass is 423 g/mol. The largest absolute Gasteiger partial charge is 0.378 e. The van der Waals surface area contributed by atoms with E-state index >= 15 is 0 Å². The van der Waals surface area contributed by atoms with Gasteiger partial charge in [0.25, 0.3) is 0 Å². The maximum atomic E-state index is 12.7. The molecule has 0 N–H and O–H groups in total. The summed E-state index contributed by atoms with van der Waals surface area (Å²) in [6.07, 6.45) is 3.52. The van der Waals surface area contributed by atoms with Crippen LogP contribution in [0.15, 0.2) is 53.9 Å². The second-order valence-electron chi connectivity index (χ2n) is 7.38. The molecule has 30 heavy (non-hydrogen) atoms. The molecule has 0 atom stereocenters. The summed E-state index contributed by atoms with van der Waals surface area (Å²) in [5, 5.41) is 9.60. The average Bonchev–Trinajstić information content (AvgIpc) is 3.22. The molecule has 2 aromatic heterocycles. The minimum Gasteiger partial charge on any atom is -0.378 e. The summed E-state index contributed by atoms with van der Waals surface area (Å²) in [5.41, 5.74) is 3.11. The lowest BCUT2D eigenvalue weighted by Crippen LogP contribution is -2.41. The third-order valence-corrected chi connectivity index (χ3v) is 5.96. The molecule has 1 amide bonds. The number of thioether (sulfide) groups is 1. The van der Waals surface area contributed by atoms with E-state index < -0.39 is 0 Å². The first-order valence-corrected chi connectivity index (χ1v) is 11.1. The van der Waals surface area contributed by atoms with Crippen molar-refractivity contribution in [2.45, 2.75) is 24.9 Å². The van der Waals surface area contributed by atoms with Crippen LogP contribution in [0.4, 0.5) is 0 Å². The fraction of sp³-hybridized carbons (Fsp3) is 0.364. The number of carbonyl (C=O) groups is 1. The van der Waals surface area contributed by atoms with Crippen LogP contribution < -0.4 is 0 Å². The third-order valence-electron chi connectivity index (χ3n) is 5.04. The van der Waals surface area contributed by atoms with Crippen LogP contribution in [0.2, 0.25) is 0 Å². The fourth-order valence-electron chi connectivity index (χ4n) is 3.47. The second-order valence-corrected chi connectivity index (χ2v) is 8.32. The molecule has 0 unspecified atom stereocenters. The lowest BCUT2D eigenvalue weighted by atomic mass is 10.0. The number of hydrogen-bond donors (Lipinski definition) is 0. The summed E-state index contributed by atoms with van der Waals surface area (Å²) in [6, 6.07) is 12.1. The molecular formula is C22H25N5O2S. The van der Waals surface area contributed by atoms with Gasteiger partial charge in [-0.25, -0.2) is 0 Å². The molecule has 0 radical (unpaired) electrons. The van der Waals surface area contributed by atoms with Crippen LogP contribution >= 0.6 is 11.8 Å². The van der Waals surface area contributed by atoms with E-state index in [4.69, 9.17) is 4.74 Å². The minimum atomic E-state index is 0.0953. The second kappa shape index (κ2) is 9.40.